The average Bonchev–Trinajstić information content (AvgIpc) is 3.07. The average molecular weight is 420 g/mol. The molecule has 0 atom stereocenters. The first-order valence-electron chi connectivity index (χ1n) is 8.32. The first kappa shape index (κ1) is 20.1. The number of halogens is 1. The number of nitrogens with one attached hydrogen (secondary N) is 1. The lowest BCUT2D eigenvalue weighted by atomic mass is 10.3. The van der Waals surface area contributed by atoms with Crippen molar-refractivity contribution in [1.29, 1.82) is 0 Å². The Balaban J connectivity index is 1.79. The first-order chi connectivity index (χ1) is 13.4. The highest BCUT2D eigenvalue weighted by molar-refractivity contribution is 8.00. The SMILES string of the molecule is COc1cn(CC(=O)Nc2cccc(F)c2)c(CSc2nc(C)cs2)cc1=O. The number of aryl methyl sites for hydroxylation is 1. The molecule has 0 spiro atoms. The molecule has 0 unspecified atom stereocenters. The molecule has 3 rings (SSSR count). The van der Waals surface area contributed by atoms with Crippen LogP contribution in [0.15, 0.2) is 51.0 Å². The Morgan fingerprint density at radius 1 is 1.39 bits per heavy atom. The molecule has 6 nitrogen and oxygen atoms in total. The van der Waals surface area contributed by atoms with Crippen LogP contribution in [0.25, 0.3) is 0 Å². The summed E-state index contributed by atoms with van der Waals surface area (Å²) < 4.78 is 20.9. The second-order valence-electron chi connectivity index (χ2n) is 5.93. The zero-order valence-corrected chi connectivity index (χ0v) is 16.9. The van der Waals surface area contributed by atoms with Gasteiger partial charge in [-0.1, -0.05) is 17.8 Å². The molecule has 0 saturated heterocycles. The molecular formula is C19H18FN3O3S2. The molecule has 0 saturated carbocycles. The topological polar surface area (TPSA) is 73.2 Å². The number of hydrogen-bond acceptors (Lipinski definition) is 6. The molecule has 0 bridgehead atoms. The van der Waals surface area contributed by atoms with E-state index < -0.39 is 5.82 Å². The Bertz CT molecular complexity index is 1050. The number of pyridine rings is 1. The number of nitrogens with zero attached hydrogens (tertiary/aromatic N) is 2. The molecule has 2 aromatic heterocycles. The van der Waals surface area contributed by atoms with Crippen LogP contribution in [0.3, 0.4) is 0 Å². The zero-order chi connectivity index (χ0) is 20.1. The maximum absolute atomic E-state index is 13.3. The van der Waals surface area contributed by atoms with E-state index in [4.69, 9.17) is 4.74 Å². The molecule has 0 fully saturated rings. The first-order valence-corrected chi connectivity index (χ1v) is 10.2. The lowest BCUT2D eigenvalue weighted by molar-refractivity contribution is -0.116. The molecule has 0 aliphatic heterocycles. The van der Waals surface area contributed by atoms with Crippen LogP contribution in [0.1, 0.15) is 11.4 Å². The highest BCUT2D eigenvalue weighted by Gasteiger charge is 2.12. The van der Waals surface area contributed by atoms with Gasteiger partial charge in [0, 0.05) is 34.3 Å². The highest BCUT2D eigenvalue weighted by atomic mass is 32.2. The van der Waals surface area contributed by atoms with Gasteiger partial charge in [0.2, 0.25) is 11.3 Å². The number of methoxy groups -OCH3 is 1. The van der Waals surface area contributed by atoms with E-state index in [-0.39, 0.29) is 23.6 Å². The van der Waals surface area contributed by atoms with E-state index in [1.165, 1.54) is 60.7 Å². The Kier molecular flexibility index (Phi) is 6.48. The van der Waals surface area contributed by atoms with Crippen LogP contribution in [0.2, 0.25) is 0 Å². The van der Waals surface area contributed by atoms with Crippen LogP contribution >= 0.6 is 23.1 Å². The van der Waals surface area contributed by atoms with E-state index >= 15 is 0 Å². The molecule has 28 heavy (non-hydrogen) atoms. The van der Waals surface area contributed by atoms with E-state index in [0.717, 1.165) is 10.0 Å². The van der Waals surface area contributed by atoms with Crippen molar-refractivity contribution in [2.45, 2.75) is 23.6 Å². The van der Waals surface area contributed by atoms with Crippen molar-refractivity contribution >= 4 is 34.7 Å². The maximum atomic E-state index is 13.3. The van der Waals surface area contributed by atoms with E-state index in [0.29, 0.717) is 17.1 Å². The van der Waals surface area contributed by atoms with E-state index in [1.54, 1.807) is 10.6 Å². The molecule has 0 aliphatic carbocycles. The number of aromatic nitrogens is 2. The summed E-state index contributed by atoms with van der Waals surface area (Å²) in [7, 11) is 1.40. The van der Waals surface area contributed by atoms with Crippen LogP contribution < -0.4 is 15.5 Å². The van der Waals surface area contributed by atoms with E-state index in [1.807, 2.05) is 12.3 Å². The van der Waals surface area contributed by atoms with Crippen molar-refractivity contribution in [1.82, 2.24) is 9.55 Å². The van der Waals surface area contributed by atoms with Gasteiger partial charge in [-0.15, -0.1) is 11.3 Å². The van der Waals surface area contributed by atoms with Crippen molar-refractivity contribution in [3.8, 4) is 5.75 Å². The standard InChI is InChI=1S/C19H18FN3O3S2/c1-12-10-27-19(21-12)28-11-15-7-16(24)17(26-2)8-23(15)9-18(25)22-14-5-3-4-13(20)6-14/h3-8,10H,9,11H2,1-2H3,(H,22,25). The van der Waals surface area contributed by atoms with E-state index in [9.17, 15) is 14.0 Å². The monoisotopic (exact) mass is 419 g/mol. The van der Waals surface area contributed by atoms with Gasteiger partial charge in [0.25, 0.3) is 0 Å². The van der Waals surface area contributed by atoms with Crippen LogP contribution in [0.5, 0.6) is 5.75 Å². The number of thioether (sulfide) groups is 1. The molecule has 9 heteroatoms. The molecule has 1 aromatic carbocycles. The summed E-state index contributed by atoms with van der Waals surface area (Å²) in [5.74, 6) is -0.150. The second kappa shape index (κ2) is 9.03. The van der Waals surface area contributed by atoms with Crippen LogP contribution in [-0.2, 0) is 17.1 Å². The molecule has 146 valence electrons. The minimum atomic E-state index is -0.432. The van der Waals surface area contributed by atoms with Crippen LogP contribution in [0.4, 0.5) is 10.1 Å². The predicted octanol–water partition coefficient (Wildman–Crippen LogP) is 3.69. The highest BCUT2D eigenvalue weighted by Crippen LogP contribution is 2.26. The van der Waals surface area contributed by atoms with Crippen molar-refractivity contribution in [3.05, 3.63) is 69.3 Å². The molecule has 2 heterocycles. The number of benzene rings is 1. The van der Waals surface area contributed by atoms with Crippen molar-refractivity contribution in [2.75, 3.05) is 12.4 Å². The van der Waals surface area contributed by atoms with Gasteiger partial charge in [-0.3, -0.25) is 9.59 Å². The summed E-state index contributed by atoms with van der Waals surface area (Å²) in [5, 5.41) is 4.61. The van der Waals surface area contributed by atoms with Gasteiger partial charge in [0.05, 0.1) is 13.3 Å². The molecule has 0 aliphatic rings. The van der Waals surface area contributed by atoms with Gasteiger partial charge in [0.1, 0.15) is 16.7 Å². The maximum Gasteiger partial charge on any atom is 0.244 e. The third kappa shape index (κ3) is 5.20. The summed E-state index contributed by atoms with van der Waals surface area (Å²) in [6.45, 7) is 1.88. The largest absolute Gasteiger partial charge is 0.491 e. The predicted molar refractivity (Wildman–Crippen MR) is 109 cm³/mol. The van der Waals surface area contributed by atoms with Gasteiger partial charge >= 0.3 is 0 Å². The van der Waals surface area contributed by atoms with Crippen LogP contribution in [0, 0.1) is 12.7 Å². The summed E-state index contributed by atoms with van der Waals surface area (Å²) in [6.07, 6.45) is 1.51. The molecule has 1 N–H and O–H groups in total. The van der Waals surface area contributed by atoms with E-state index in [2.05, 4.69) is 10.3 Å². The van der Waals surface area contributed by atoms with Gasteiger partial charge in [0.15, 0.2) is 5.75 Å². The van der Waals surface area contributed by atoms with Crippen molar-refractivity contribution < 1.29 is 13.9 Å². The number of hydrogen-bond donors (Lipinski definition) is 1. The Hall–Kier alpha value is -2.65. The summed E-state index contributed by atoms with van der Waals surface area (Å²) >= 11 is 3.02. The number of anilines is 1. The number of carbonyl (C=O) groups excluding carboxylic acids is 1. The van der Waals surface area contributed by atoms with Crippen molar-refractivity contribution in [2.24, 2.45) is 0 Å². The zero-order valence-electron chi connectivity index (χ0n) is 15.3. The fraction of sp³-hybridized carbons (Fsp3) is 0.211. The minimum Gasteiger partial charge on any atom is -0.491 e. The summed E-state index contributed by atoms with van der Waals surface area (Å²) in [4.78, 5) is 29.0. The Labute approximate surface area is 169 Å². The lowest BCUT2D eigenvalue weighted by Crippen LogP contribution is -2.22. The lowest BCUT2D eigenvalue weighted by Gasteiger charge is -2.14. The van der Waals surface area contributed by atoms with Crippen molar-refractivity contribution in [3.63, 3.8) is 0 Å². The third-order valence-electron chi connectivity index (χ3n) is 3.77. The smallest absolute Gasteiger partial charge is 0.244 e. The summed E-state index contributed by atoms with van der Waals surface area (Å²) in [5.41, 5.74) is 1.72. The molecule has 3 aromatic rings. The number of carbonyl (C=O) groups is 1. The van der Waals surface area contributed by atoms with Gasteiger partial charge in [-0.05, 0) is 25.1 Å². The summed E-state index contributed by atoms with van der Waals surface area (Å²) in [6, 6.07) is 7.13. The van der Waals surface area contributed by atoms with Gasteiger partial charge in [-0.25, -0.2) is 9.37 Å². The fourth-order valence-corrected chi connectivity index (χ4v) is 4.32. The normalized spacial score (nSPS) is 10.7. The fourth-order valence-electron chi connectivity index (χ4n) is 2.47. The number of ether oxygens (including phenoxy) is 1. The van der Waals surface area contributed by atoms with Gasteiger partial charge in [-0.2, -0.15) is 0 Å². The van der Waals surface area contributed by atoms with Gasteiger partial charge < -0.3 is 14.6 Å². The number of rotatable bonds is 7. The number of amides is 1. The third-order valence-corrected chi connectivity index (χ3v) is 5.94. The molecule has 1 amide bonds. The quantitative estimate of drug-likeness (QED) is 0.592. The Morgan fingerprint density at radius 2 is 2.21 bits per heavy atom. The Morgan fingerprint density at radius 3 is 2.89 bits per heavy atom. The van der Waals surface area contributed by atoms with Crippen LogP contribution in [-0.4, -0.2) is 22.6 Å². The number of thiazole rings is 1. The molecular weight excluding hydrogens is 401 g/mol. The second-order valence-corrected chi connectivity index (χ2v) is 8.01. The molecule has 0 radical (unpaired) electrons. The minimum absolute atomic E-state index is 0.0417.